The van der Waals surface area contributed by atoms with Gasteiger partial charge in [-0.15, -0.1) is 0 Å². The van der Waals surface area contributed by atoms with E-state index in [0.717, 1.165) is 5.69 Å². The van der Waals surface area contributed by atoms with Gasteiger partial charge in [-0.2, -0.15) is 10.2 Å². The number of anilines is 2. The Morgan fingerprint density at radius 3 is 2.84 bits per heavy atom. The second-order valence-electron chi connectivity index (χ2n) is 6.71. The zero-order valence-electron chi connectivity index (χ0n) is 14.3. The predicted molar refractivity (Wildman–Crippen MR) is 94.9 cm³/mol. The molecule has 1 aliphatic carbocycles. The molecule has 1 unspecified atom stereocenters. The van der Waals surface area contributed by atoms with E-state index in [1.54, 1.807) is 18.6 Å². The van der Waals surface area contributed by atoms with Crippen molar-refractivity contribution in [3.05, 3.63) is 36.0 Å². The minimum Gasteiger partial charge on any atom is -0.392 e. The van der Waals surface area contributed by atoms with Crippen molar-refractivity contribution in [2.75, 3.05) is 17.2 Å². The van der Waals surface area contributed by atoms with Crippen LogP contribution < -0.4 is 10.6 Å². The molecule has 0 spiro atoms. The highest BCUT2D eigenvalue weighted by molar-refractivity contribution is 5.54. The highest BCUT2D eigenvalue weighted by Gasteiger charge is 2.47. The summed E-state index contributed by atoms with van der Waals surface area (Å²) >= 11 is 0. The summed E-state index contributed by atoms with van der Waals surface area (Å²) in [4.78, 5) is 16.8. The van der Waals surface area contributed by atoms with Crippen LogP contribution in [0.1, 0.15) is 33.0 Å². The predicted octanol–water partition coefficient (Wildman–Crippen LogP) is 1.61. The molecule has 8 nitrogen and oxygen atoms in total. The van der Waals surface area contributed by atoms with Gasteiger partial charge in [0.15, 0.2) is 0 Å². The number of aliphatic hydroxyl groups is 1. The lowest BCUT2D eigenvalue weighted by Gasteiger charge is -2.49. The first-order valence-corrected chi connectivity index (χ1v) is 8.21. The molecule has 0 bridgehead atoms. The summed E-state index contributed by atoms with van der Waals surface area (Å²) in [6.07, 6.45) is 7.50. The van der Waals surface area contributed by atoms with Crippen molar-refractivity contribution < 1.29 is 6.53 Å². The van der Waals surface area contributed by atoms with Crippen LogP contribution >= 0.6 is 0 Å². The molecule has 25 heavy (non-hydrogen) atoms. The van der Waals surface area contributed by atoms with Crippen molar-refractivity contribution in [2.45, 2.75) is 38.8 Å². The molecular formula is C17H23N7O. The van der Waals surface area contributed by atoms with Crippen molar-refractivity contribution in [1.82, 2.24) is 19.9 Å². The Hall–Kier alpha value is -2.79. The van der Waals surface area contributed by atoms with Crippen molar-refractivity contribution in [3.8, 4) is 6.07 Å². The molecule has 0 aliphatic heterocycles. The highest BCUT2D eigenvalue weighted by Crippen LogP contribution is 2.42. The SMILES string of the molecule is CC1(C)C(O)C[C@H]1Nc1nc(NCCc2cnccn2)ncc1C#N.[HH]. The van der Waals surface area contributed by atoms with E-state index in [1.165, 1.54) is 6.20 Å². The van der Waals surface area contributed by atoms with Gasteiger partial charge in [0, 0.05) is 44.4 Å². The summed E-state index contributed by atoms with van der Waals surface area (Å²) in [6.45, 7) is 4.59. The van der Waals surface area contributed by atoms with Crippen molar-refractivity contribution in [2.24, 2.45) is 5.41 Å². The Morgan fingerprint density at radius 2 is 2.20 bits per heavy atom. The number of rotatable bonds is 6. The average molecular weight is 341 g/mol. The maximum absolute atomic E-state index is 9.87. The van der Waals surface area contributed by atoms with E-state index in [1.807, 2.05) is 13.8 Å². The van der Waals surface area contributed by atoms with E-state index in [2.05, 4.69) is 36.6 Å². The first-order valence-electron chi connectivity index (χ1n) is 8.21. The van der Waals surface area contributed by atoms with Gasteiger partial charge in [0.25, 0.3) is 0 Å². The number of hydrogen-bond donors (Lipinski definition) is 3. The van der Waals surface area contributed by atoms with Gasteiger partial charge in [0.05, 0.1) is 18.0 Å². The average Bonchev–Trinajstić information content (AvgIpc) is 2.62. The van der Waals surface area contributed by atoms with Crippen LogP contribution in [0.2, 0.25) is 0 Å². The number of nitriles is 1. The Bertz CT molecular complexity index is 778. The molecule has 8 heteroatoms. The third-order valence-corrected chi connectivity index (χ3v) is 4.72. The second kappa shape index (κ2) is 6.99. The largest absolute Gasteiger partial charge is 0.392 e. The fourth-order valence-corrected chi connectivity index (χ4v) is 2.73. The third-order valence-electron chi connectivity index (χ3n) is 4.72. The van der Waals surface area contributed by atoms with Crippen molar-refractivity contribution >= 4 is 11.8 Å². The molecule has 0 aromatic carbocycles. The van der Waals surface area contributed by atoms with Gasteiger partial charge in [-0.25, -0.2) is 4.98 Å². The molecule has 0 amide bonds. The molecule has 2 heterocycles. The summed E-state index contributed by atoms with van der Waals surface area (Å²) in [5.41, 5.74) is 1.01. The first kappa shape index (κ1) is 17.0. The molecule has 3 N–H and O–H groups in total. The number of aliphatic hydroxyl groups excluding tert-OH is 1. The van der Waals surface area contributed by atoms with Crippen LogP contribution in [0.5, 0.6) is 0 Å². The van der Waals surface area contributed by atoms with Crippen LogP contribution in [-0.4, -0.2) is 43.7 Å². The zero-order valence-corrected chi connectivity index (χ0v) is 14.3. The van der Waals surface area contributed by atoms with E-state index in [4.69, 9.17) is 0 Å². The normalized spacial score (nSPS) is 21.0. The number of aromatic nitrogens is 4. The van der Waals surface area contributed by atoms with Crippen LogP contribution in [0.3, 0.4) is 0 Å². The fraction of sp³-hybridized carbons (Fsp3) is 0.471. The van der Waals surface area contributed by atoms with Gasteiger partial charge >= 0.3 is 0 Å². The van der Waals surface area contributed by atoms with E-state index in [0.29, 0.717) is 36.7 Å². The molecule has 1 aliphatic rings. The molecule has 2 atom stereocenters. The Morgan fingerprint density at radius 1 is 1.36 bits per heavy atom. The standard InChI is InChI=1S/C17H21N7O.H2/c1-17(2)13(7-14(17)25)23-15-11(8-18)9-22-16(24-15)21-4-3-12-10-19-5-6-20-12;/h5-6,9-10,13-14,25H,3-4,7H2,1-2H3,(H2,21,22,23,24);1H/t13-,14?;/m1./s1. The van der Waals surface area contributed by atoms with Crippen LogP contribution in [0.4, 0.5) is 11.8 Å². The summed E-state index contributed by atoms with van der Waals surface area (Å²) < 4.78 is 0. The smallest absolute Gasteiger partial charge is 0.224 e. The van der Waals surface area contributed by atoms with Gasteiger partial charge in [-0.05, 0) is 6.42 Å². The molecule has 0 radical (unpaired) electrons. The summed E-state index contributed by atoms with van der Waals surface area (Å²) in [6, 6.07) is 2.17. The molecule has 2 aromatic rings. The second-order valence-corrected chi connectivity index (χ2v) is 6.71. The maximum Gasteiger partial charge on any atom is 0.224 e. The van der Waals surface area contributed by atoms with Gasteiger partial charge < -0.3 is 15.7 Å². The minimum atomic E-state index is -0.345. The number of nitrogens with one attached hydrogen (secondary N) is 2. The van der Waals surface area contributed by atoms with E-state index in [-0.39, 0.29) is 19.0 Å². The highest BCUT2D eigenvalue weighted by atomic mass is 16.3. The molecule has 0 saturated heterocycles. The fourth-order valence-electron chi connectivity index (χ4n) is 2.73. The molecule has 132 valence electrons. The Kier molecular flexibility index (Phi) is 4.76. The quantitative estimate of drug-likeness (QED) is 0.725. The zero-order chi connectivity index (χ0) is 17.9. The molecule has 1 saturated carbocycles. The molecular weight excluding hydrogens is 318 g/mol. The van der Waals surface area contributed by atoms with E-state index < -0.39 is 0 Å². The molecule has 2 aromatic heterocycles. The Balaban J connectivity index is 0.00000243. The van der Waals surface area contributed by atoms with Crippen LogP contribution in [-0.2, 0) is 6.42 Å². The molecule has 1 fully saturated rings. The first-order chi connectivity index (χ1) is 12.0. The van der Waals surface area contributed by atoms with Crippen LogP contribution in [0, 0.1) is 16.7 Å². The maximum atomic E-state index is 9.87. The monoisotopic (exact) mass is 341 g/mol. The van der Waals surface area contributed by atoms with Gasteiger partial charge in [0.2, 0.25) is 5.95 Å². The van der Waals surface area contributed by atoms with Crippen LogP contribution in [0.15, 0.2) is 24.8 Å². The lowest BCUT2D eigenvalue weighted by Crippen LogP contribution is -2.57. The number of nitrogens with zero attached hydrogens (tertiary/aromatic N) is 5. The number of hydrogen-bond acceptors (Lipinski definition) is 8. The lowest BCUT2D eigenvalue weighted by molar-refractivity contribution is -0.0511. The summed E-state index contributed by atoms with van der Waals surface area (Å²) in [5.74, 6) is 0.938. The minimum absolute atomic E-state index is 0. The van der Waals surface area contributed by atoms with Crippen molar-refractivity contribution in [3.63, 3.8) is 0 Å². The summed E-state index contributed by atoms with van der Waals surface area (Å²) in [7, 11) is 0. The third kappa shape index (κ3) is 3.67. The topological polar surface area (TPSA) is 120 Å². The van der Waals surface area contributed by atoms with Crippen molar-refractivity contribution in [1.29, 1.82) is 5.26 Å². The van der Waals surface area contributed by atoms with Gasteiger partial charge in [0.1, 0.15) is 17.5 Å². The van der Waals surface area contributed by atoms with E-state index in [9.17, 15) is 10.4 Å². The van der Waals surface area contributed by atoms with E-state index >= 15 is 0 Å². The van der Waals surface area contributed by atoms with Gasteiger partial charge in [-0.1, -0.05) is 13.8 Å². The molecule has 3 rings (SSSR count). The summed E-state index contributed by atoms with van der Waals surface area (Å²) in [5, 5.41) is 25.5. The van der Waals surface area contributed by atoms with Gasteiger partial charge in [-0.3, -0.25) is 9.97 Å². The van der Waals surface area contributed by atoms with Crippen LogP contribution in [0.25, 0.3) is 0 Å². The Labute approximate surface area is 147 Å². The lowest BCUT2D eigenvalue weighted by atomic mass is 9.64.